The van der Waals surface area contributed by atoms with E-state index in [1.54, 1.807) is 0 Å². The van der Waals surface area contributed by atoms with Crippen molar-refractivity contribution in [3.63, 3.8) is 0 Å². The molecule has 0 fully saturated rings. The van der Waals surface area contributed by atoms with Crippen molar-refractivity contribution >= 4 is 56.4 Å². The number of benzene rings is 2. The van der Waals surface area contributed by atoms with Gasteiger partial charge in [0.05, 0.1) is 5.02 Å². The molecule has 2 aromatic rings. The Hall–Kier alpha value is -2.75. The number of halogens is 2. The molecule has 4 N–H and O–H groups in total. The Bertz CT molecular complexity index is 1060. The number of rotatable bonds is 6. The topological polar surface area (TPSA) is 141 Å². The van der Waals surface area contributed by atoms with Gasteiger partial charge in [0.15, 0.2) is 5.75 Å². The number of carboxylic acids is 1. The van der Waals surface area contributed by atoms with E-state index in [-0.39, 0.29) is 21.3 Å². The number of aliphatic hydroxyl groups excluding tert-OH is 1. The molecular weight excluding hydrogens is 421 g/mol. The molecule has 0 saturated heterocycles. The van der Waals surface area contributed by atoms with Gasteiger partial charge in [0, 0.05) is 22.3 Å². The predicted octanol–water partition coefficient (Wildman–Crippen LogP) is 3.05. The molecule has 0 unspecified atom stereocenters. The molecule has 8 nitrogen and oxygen atoms in total. The highest BCUT2D eigenvalue weighted by Gasteiger charge is 2.22. The van der Waals surface area contributed by atoms with E-state index in [4.69, 9.17) is 28.3 Å². The third-order valence-electron chi connectivity index (χ3n) is 3.17. The number of phenols is 1. The van der Waals surface area contributed by atoms with Gasteiger partial charge >= 0.3 is 5.97 Å². The first-order valence-electron chi connectivity index (χ1n) is 7.00. The minimum Gasteiger partial charge on any atom is -0.507 e. The minimum absolute atomic E-state index is 0.0142. The Morgan fingerprint density at radius 1 is 1.07 bits per heavy atom. The maximum absolute atomic E-state index is 12.5. The highest BCUT2D eigenvalue weighted by Crippen LogP contribution is 2.35. The van der Waals surface area contributed by atoms with Crippen molar-refractivity contribution in [3.05, 3.63) is 58.1 Å². The second-order valence-electron chi connectivity index (χ2n) is 5.12. The molecule has 0 spiro atoms. The van der Waals surface area contributed by atoms with E-state index in [0.29, 0.717) is 6.08 Å². The number of hydrogen-bond donors (Lipinski definition) is 4. The van der Waals surface area contributed by atoms with Gasteiger partial charge in [-0.05, 0) is 24.3 Å². The van der Waals surface area contributed by atoms with Crippen molar-refractivity contribution in [2.24, 2.45) is 0 Å². The standard InChI is InChI=1S/C16H11Cl2NO7S/c17-9-5-11(18)15(22)14(6-9)27(25,26)19-10-3-1-2-8(4-10)12(20)7-13(21)16(23)24/h1-7,19-20,22H,(H,23,24). The molecule has 0 aliphatic rings. The van der Waals surface area contributed by atoms with Gasteiger partial charge in [-0.3, -0.25) is 9.52 Å². The number of sulfonamides is 1. The van der Waals surface area contributed by atoms with Crippen LogP contribution in [0.1, 0.15) is 5.56 Å². The number of aliphatic hydroxyl groups is 1. The van der Waals surface area contributed by atoms with Crippen molar-refractivity contribution in [2.45, 2.75) is 4.90 Å². The van der Waals surface area contributed by atoms with Gasteiger partial charge in [0.2, 0.25) is 0 Å². The highest BCUT2D eigenvalue weighted by atomic mass is 35.5. The lowest BCUT2D eigenvalue weighted by molar-refractivity contribution is -0.146. The Morgan fingerprint density at radius 2 is 1.74 bits per heavy atom. The summed E-state index contributed by atoms with van der Waals surface area (Å²) in [4.78, 5) is 21.1. The number of phenolic OH excluding ortho intramolecular Hbond substituents is 1. The van der Waals surface area contributed by atoms with E-state index < -0.39 is 38.2 Å². The first kappa shape index (κ1) is 20.6. The largest absolute Gasteiger partial charge is 0.507 e. The van der Waals surface area contributed by atoms with Gasteiger partial charge in [-0.15, -0.1) is 0 Å². The summed E-state index contributed by atoms with van der Waals surface area (Å²) in [6.07, 6.45) is 0.485. The molecule has 0 aromatic heterocycles. The lowest BCUT2D eigenvalue weighted by atomic mass is 10.1. The summed E-state index contributed by atoms with van der Waals surface area (Å²) in [6.45, 7) is 0. The maximum atomic E-state index is 12.5. The highest BCUT2D eigenvalue weighted by molar-refractivity contribution is 7.92. The number of anilines is 1. The van der Waals surface area contributed by atoms with Crippen LogP contribution in [-0.4, -0.2) is 35.5 Å². The third-order valence-corrected chi connectivity index (χ3v) is 5.07. The average Bonchev–Trinajstić information content (AvgIpc) is 2.57. The first-order valence-corrected chi connectivity index (χ1v) is 9.24. The molecule has 0 atom stereocenters. The Kier molecular flexibility index (Phi) is 5.99. The third kappa shape index (κ3) is 4.91. The van der Waals surface area contributed by atoms with Crippen molar-refractivity contribution < 1.29 is 33.3 Å². The fourth-order valence-corrected chi connectivity index (χ4v) is 3.78. The number of carbonyl (C=O) groups excluding carboxylic acids is 1. The number of aliphatic carboxylic acids is 1. The zero-order valence-corrected chi connectivity index (χ0v) is 15.5. The summed E-state index contributed by atoms with van der Waals surface area (Å²) >= 11 is 11.5. The van der Waals surface area contributed by atoms with Gasteiger partial charge in [0.25, 0.3) is 15.8 Å². The van der Waals surface area contributed by atoms with E-state index in [2.05, 4.69) is 4.72 Å². The molecule has 0 bridgehead atoms. The maximum Gasteiger partial charge on any atom is 0.376 e. The summed E-state index contributed by atoms with van der Waals surface area (Å²) in [5, 5.41) is 28.0. The van der Waals surface area contributed by atoms with Gasteiger partial charge < -0.3 is 15.3 Å². The normalized spacial score (nSPS) is 11.9. The number of aromatic hydroxyl groups is 1. The van der Waals surface area contributed by atoms with Crippen LogP contribution < -0.4 is 4.72 Å². The Labute approximate surface area is 163 Å². The lowest BCUT2D eigenvalue weighted by Crippen LogP contribution is -2.13. The molecule has 0 saturated carbocycles. The molecular formula is C16H11Cl2NO7S. The van der Waals surface area contributed by atoms with E-state index in [0.717, 1.165) is 12.1 Å². The molecule has 2 rings (SSSR count). The van der Waals surface area contributed by atoms with Crippen molar-refractivity contribution in [2.75, 3.05) is 4.72 Å². The van der Waals surface area contributed by atoms with Gasteiger partial charge in [-0.25, -0.2) is 13.2 Å². The number of nitrogens with one attached hydrogen (secondary N) is 1. The van der Waals surface area contributed by atoms with E-state index in [1.165, 1.54) is 24.3 Å². The SMILES string of the molecule is O=C(O)C(=O)C=C(O)c1cccc(NS(=O)(=O)c2cc(Cl)cc(Cl)c2O)c1. The average molecular weight is 432 g/mol. The van der Waals surface area contributed by atoms with Crippen LogP contribution in [0.4, 0.5) is 5.69 Å². The van der Waals surface area contributed by atoms with E-state index in [1.807, 2.05) is 0 Å². The zero-order chi connectivity index (χ0) is 20.4. The fraction of sp³-hybridized carbons (Fsp3) is 0. The number of carbonyl (C=O) groups is 2. The van der Waals surface area contributed by atoms with E-state index >= 15 is 0 Å². The molecule has 0 radical (unpaired) electrons. The van der Waals surface area contributed by atoms with E-state index in [9.17, 15) is 28.2 Å². The monoisotopic (exact) mass is 431 g/mol. The summed E-state index contributed by atoms with van der Waals surface area (Å²) in [7, 11) is -4.30. The van der Waals surface area contributed by atoms with Crippen LogP contribution in [0.15, 0.2) is 47.4 Å². The molecule has 0 aliphatic carbocycles. The molecule has 0 amide bonds. The second-order valence-corrected chi connectivity index (χ2v) is 7.61. The minimum atomic E-state index is -4.30. The van der Waals surface area contributed by atoms with Crippen LogP contribution in [-0.2, 0) is 19.6 Å². The van der Waals surface area contributed by atoms with Crippen LogP contribution in [0.25, 0.3) is 5.76 Å². The Balaban J connectivity index is 2.39. The van der Waals surface area contributed by atoms with Crippen LogP contribution in [0, 0.1) is 0 Å². The summed E-state index contributed by atoms with van der Waals surface area (Å²) in [5.74, 6) is -4.47. The van der Waals surface area contributed by atoms with Crippen molar-refractivity contribution in [1.29, 1.82) is 0 Å². The molecule has 0 aliphatic heterocycles. The van der Waals surface area contributed by atoms with Crippen molar-refractivity contribution in [1.82, 2.24) is 0 Å². The molecule has 142 valence electrons. The molecule has 11 heteroatoms. The van der Waals surface area contributed by atoms with Crippen molar-refractivity contribution in [3.8, 4) is 5.75 Å². The molecule has 27 heavy (non-hydrogen) atoms. The first-order chi connectivity index (χ1) is 12.5. The summed E-state index contributed by atoms with van der Waals surface area (Å²) in [5.41, 5.74) is -0.0520. The Morgan fingerprint density at radius 3 is 2.37 bits per heavy atom. The smallest absolute Gasteiger partial charge is 0.376 e. The van der Waals surface area contributed by atoms with Gasteiger partial charge in [-0.2, -0.15) is 0 Å². The summed E-state index contributed by atoms with van der Waals surface area (Å²) in [6, 6.07) is 7.33. The van der Waals surface area contributed by atoms with Crippen LogP contribution in [0.5, 0.6) is 5.75 Å². The quantitative estimate of drug-likeness (QED) is 0.312. The van der Waals surface area contributed by atoms with Crippen LogP contribution in [0.3, 0.4) is 0 Å². The number of carboxylic acid groups (broad SMARTS) is 1. The second kappa shape index (κ2) is 7.87. The van der Waals surface area contributed by atoms with Gasteiger partial charge in [-0.1, -0.05) is 35.3 Å². The van der Waals surface area contributed by atoms with Crippen LogP contribution in [0.2, 0.25) is 10.0 Å². The van der Waals surface area contributed by atoms with Crippen LogP contribution >= 0.6 is 23.2 Å². The molecule has 0 heterocycles. The van der Waals surface area contributed by atoms with Gasteiger partial charge in [0.1, 0.15) is 10.7 Å². The lowest BCUT2D eigenvalue weighted by Gasteiger charge is -2.12. The predicted molar refractivity (Wildman–Crippen MR) is 98.6 cm³/mol. The fourth-order valence-electron chi connectivity index (χ4n) is 1.97. The number of ketones is 1. The molecule has 2 aromatic carbocycles. The number of hydrogen-bond acceptors (Lipinski definition) is 6. The zero-order valence-electron chi connectivity index (χ0n) is 13.2. The summed E-state index contributed by atoms with van der Waals surface area (Å²) < 4.78 is 27.1.